The molecule has 0 unspecified atom stereocenters. The maximum atomic E-state index is 4.30. The van der Waals surface area contributed by atoms with Crippen molar-refractivity contribution in [2.75, 3.05) is 11.9 Å². The van der Waals surface area contributed by atoms with Gasteiger partial charge >= 0.3 is 0 Å². The first-order valence-electron chi connectivity index (χ1n) is 11.3. The molecular weight excluding hydrogens is 400 g/mol. The fourth-order valence-electron chi connectivity index (χ4n) is 4.73. The average Bonchev–Trinajstić information content (AvgIpc) is 3.23. The number of allylic oxidation sites excluding steroid dienone is 4. The van der Waals surface area contributed by atoms with Crippen LogP contribution in [0.3, 0.4) is 0 Å². The van der Waals surface area contributed by atoms with Crippen LogP contribution in [-0.2, 0) is 0 Å². The van der Waals surface area contributed by atoms with Gasteiger partial charge in [0.2, 0.25) is 0 Å². The maximum absolute atomic E-state index is 4.30. The third kappa shape index (κ3) is 3.37. The molecule has 2 nitrogen and oxygen atoms in total. The van der Waals surface area contributed by atoms with E-state index in [4.69, 9.17) is 0 Å². The molecule has 0 saturated carbocycles. The lowest BCUT2D eigenvalue weighted by Gasteiger charge is -2.14. The highest BCUT2D eigenvalue weighted by Crippen LogP contribution is 2.36. The second-order valence-corrected chi connectivity index (χ2v) is 8.37. The van der Waals surface area contributed by atoms with Crippen LogP contribution in [0.1, 0.15) is 5.56 Å². The van der Waals surface area contributed by atoms with Crippen LogP contribution in [0.25, 0.3) is 44.2 Å². The van der Waals surface area contributed by atoms with Gasteiger partial charge in [0.05, 0.1) is 11.0 Å². The number of hydrogen-bond acceptors (Lipinski definition) is 1. The van der Waals surface area contributed by atoms with E-state index in [0.29, 0.717) is 0 Å². The van der Waals surface area contributed by atoms with Crippen molar-refractivity contribution in [3.8, 4) is 16.8 Å². The molecule has 0 atom stereocenters. The Hall–Kier alpha value is -4.30. The molecule has 158 valence electrons. The van der Waals surface area contributed by atoms with E-state index < -0.39 is 0 Å². The first-order valence-corrected chi connectivity index (χ1v) is 11.3. The fourth-order valence-corrected chi connectivity index (χ4v) is 4.73. The highest BCUT2D eigenvalue weighted by atomic mass is 15.0. The number of aromatic nitrogens is 1. The summed E-state index contributed by atoms with van der Waals surface area (Å²) in [6.07, 6.45) is 8.29. The second kappa shape index (κ2) is 7.99. The Labute approximate surface area is 193 Å². The molecule has 2 heterocycles. The van der Waals surface area contributed by atoms with Crippen LogP contribution < -0.4 is 5.32 Å². The predicted octanol–water partition coefficient (Wildman–Crippen LogP) is 8.00. The summed E-state index contributed by atoms with van der Waals surface area (Å²) in [5.74, 6) is 0. The van der Waals surface area contributed by atoms with Crippen molar-refractivity contribution < 1.29 is 0 Å². The Kier molecular flexibility index (Phi) is 4.70. The molecule has 6 rings (SSSR count). The molecule has 0 aliphatic carbocycles. The second-order valence-electron chi connectivity index (χ2n) is 8.37. The van der Waals surface area contributed by atoms with Crippen molar-refractivity contribution in [1.29, 1.82) is 0 Å². The van der Waals surface area contributed by atoms with Gasteiger partial charge in [-0.1, -0.05) is 85.5 Å². The zero-order valence-electron chi connectivity index (χ0n) is 18.3. The molecular formula is C31H24N2. The van der Waals surface area contributed by atoms with Crippen LogP contribution in [0.15, 0.2) is 122 Å². The van der Waals surface area contributed by atoms with Crippen LogP contribution in [0.2, 0.25) is 0 Å². The summed E-state index contributed by atoms with van der Waals surface area (Å²) < 4.78 is 2.36. The van der Waals surface area contributed by atoms with Crippen molar-refractivity contribution >= 4 is 33.1 Å². The molecule has 33 heavy (non-hydrogen) atoms. The van der Waals surface area contributed by atoms with Crippen LogP contribution in [0.5, 0.6) is 0 Å². The summed E-state index contributed by atoms with van der Waals surface area (Å²) in [7, 11) is 0. The molecule has 0 amide bonds. The Bertz CT molecular complexity index is 1570. The minimum Gasteiger partial charge on any atom is -0.381 e. The Morgan fingerprint density at radius 2 is 1.45 bits per heavy atom. The van der Waals surface area contributed by atoms with E-state index in [0.717, 1.165) is 23.4 Å². The number of nitrogens with one attached hydrogen (secondary N) is 1. The van der Waals surface area contributed by atoms with E-state index in [1.807, 2.05) is 0 Å². The number of anilines is 1. The van der Waals surface area contributed by atoms with E-state index >= 15 is 0 Å². The van der Waals surface area contributed by atoms with Crippen molar-refractivity contribution in [2.45, 2.75) is 0 Å². The molecule has 1 N–H and O–H groups in total. The molecule has 4 aromatic carbocycles. The van der Waals surface area contributed by atoms with Crippen LogP contribution in [-0.4, -0.2) is 11.1 Å². The van der Waals surface area contributed by atoms with Crippen LogP contribution in [0.4, 0.5) is 5.69 Å². The maximum Gasteiger partial charge on any atom is 0.0547 e. The molecule has 0 spiro atoms. The lowest BCUT2D eigenvalue weighted by atomic mass is 9.97. The van der Waals surface area contributed by atoms with Gasteiger partial charge in [0.15, 0.2) is 0 Å². The molecule has 0 fully saturated rings. The van der Waals surface area contributed by atoms with Gasteiger partial charge in [-0.25, -0.2) is 0 Å². The topological polar surface area (TPSA) is 17.0 Å². The van der Waals surface area contributed by atoms with E-state index in [1.165, 1.54) is 38.6 Å². The smallest absolute Gasteiger partial charge is 0.0547 e. The minimum atomic E-state index is 0.799. The van der Waals surface area contributed by atoms with Gasteiger partial charge < -0.3 is 9.88 Å². The number of hydrogen-bond donors (Lipinski definition) is 1. The van der Waals surface area contributed by atoms with Gasteiger partial charge in [0.25, 0.3) is 0 Å². The largest absolute Gasteiger partial charge is 0.381 e. The van der Waals surface area contributed by atoms with Crippen LogP contribution >= 0.6 is 0 Å². The molecule has 0 bridgehead atoms. The Balaban J connectivity index is 1.56. The number of rotatable bonds is 2. The Morgan fingerprint density at radius 3 is 2.36 bits per heavy atom. The SMILES string of the molecule is C=C1/C=C\C=C/CNc2ccc(-c3ccc4c5ccccc5n(-c5ccccc5)c4c3)cc21. The standard InChI is InChI=1S/C31H24N2/c1-22-10-4-3-9-19-32-29-18-16-23(20-28(22)29)24-15-17-27-26-13-7-8-14-30(26)33(31(27)21-24)25-11-5-2-6-12-25/h2-18,20-21,32H,1,19H2/b9-3-,10-4-. The van der Waals surface area contributed by atoms with Gasteiger partial charge in [-0.05, 0) is 53.1 Å². The van der Waals surface area contributed by atoms with Crippen molar-refractivity contribution in [3.63, 3.8) is 0 Å². The summed E-state index contributed by atoms with van der Waals surface area (Å²) >= 11 is 0. The predicted molar refractivity (Wildman–Crippen MR) is 142 cm³/mol. The molecule has 5 aromatic rings. The number of para-hydroxylation sites is 2. The third-order valence-corrected chi connectivity index (χ3v) is 6.34. The number of benzene rings is 4. The van der Waals surface area contributed by atoms with E-state index in [-0.39, 0.29) is 0 Å². The Morgan fingerprint density at radius 1 is 0.697 bits per heavy atom. The highest BCUT2D eigenvalue weighted by molar-refractivity contribution is 6.10. The average molecular weight is 425 g/mol. The quantitative estimate of drug-likeness (QED) is 0.304. The van der Waals surface area contributed by atoms with Crippen molar-refractivity contribution in [2.24, 2.45) is 0 Å². The van der Waals surface area contributed by atoms with E-state index in [2.05, 4.69) is 132 Å². The minimum absolute atomic E-state index is 0.799. The van der Waals surface area contributed by atoms with Crippen LogP contribution in [0, 0.1) is 0 Å². The molecule has 2 heteroatoms. The number of nitrogens with zero attached hydrogens (tertiary/aromatic N) is 1. The lowest BCUT2D eigenvalue weighted by molar-refractivity contribution is 1.18. The van der Waals surface area contributed by atoms with E-state index in [1.54, 1.807) is 0 Å². The van der Waals surface area contributed by atoms with Gasteiger partial charge in [-0.2, -0.15) is 0 Å². The van der Waals surface area contributed by atoms with Gasteiger partial charge in [-0.3, -0.25) is 0 Å². The van der Waals surface area contributed by atoms with Gasteiger partial charge in [-0.15, -0.1) is 0 Å². The summed E-state index contributed by atoms with van der Waals surface area (Å²) in [6.45, 7) is 5.10. The monoisotopic (exact) mass is 424 g/mol. The van der Waals surface area contributed by atoms with Gasteiger partial charge in [0, 0.05) is 34.3 Å². The summed E-state index contributed by atoms with van der Waals surface area (Å²) in [5.41, 5.74) is 9.24. The fraction of sp³-hybridized carbons (Fsp3) is 0.0323. The van der Waals surface area contributed by atoms with E-state index in [9.17, 15) is 0 Å². The molecule has 1 aromatic heterocycles. The summed E-state index contributed by atoms with van der Waals surface area (Å²) in [4.78, 5) is 0. The normalized spacial score (nSPS) is 15.3. The third-order valence-electron chi connectivity index (χ3n) is 6.34. The molecule has 1 aliphatic heterocycles. The highest BCUT2D eigenvalue weighted by Gasteiger charge is 2.14. The van der Waals surface area contributed by atoms with Crippen molar-refractivity contribution in [3.05, 3.63) is 127 Å². The first-order chi connectivity index (χ1) is 16.3. The molecule has 0 radical (unpaired) electrons. The summed E-state index contributed by atoms with van der Waals surface area (Å²) in [5, 5.41) is 6.04. The van der Waals surface area contributed by atoms with Gasteiger partial charge in [0.1, 0.15) is 0 Å². The summed E-state index contributed by atoms with van der Waals surface area (Å²) in [6, 6.07) is 32.6. The number of fused-ring (bicyclic) bond motifs is 4. The zero-order chi connectivity index (χ0) is 22.2. The zero-order valence-corrected chi connectivity index (χ0v) is 18.3. The molecule has 1 aliphatic rings. The molecule has 0 saturated heterocycles. The van der Waals surface area contributed by atoms with Crippen molar-refractivity contribution in [1.82, 2.24) is 4.57 Å². The first kappa shape index (κ1) is 19.4. The lowest BCUT2D eigenvalue weighted by Crippen LogP contribution is -2.01.